The first-order valence-electron chi connectivity index (χ1n) is 6.32. The molecule has 0 aliphatic carbocycles. The largest absolute Gasteiger partial charge is 0.443 e. The summed E-state index contributed by atoms with van der Waals surface area (Å²) in [5.74, 6) is -1.01. The van der Waals surface area contributed by atoms with Crippen LogP contribution >= 0.6 is 0 Å². The number of hydrogen-bond acceptors (Lipinski definition) is 5. The fraction of sp³-hybridized carbons (Fsp3) is 0.200. The van der Waals surface area contributed by atoms with Crippen molar-refractivity contribution in [2.75, 3.05) is 14.1 Å². The van der Waals surface area contributed by atoms with Gasteiger partial charge in [0.05, 0.1) is 6.20 Å². The summed E-state index contributed by atoms with van der Waals surface area (Å²) >= 11 is 0. The van der Waals surface area contributed by atoms with E-state index < -0.39 is 12.1 Å². The highest BCUT2D eigenvalue weighted by Crippen LogP contribution is 2.20. The number of likely N-dealkylation sites (N-methyl/N-ethyl adjacent to an activating group) is 1. The van der Waals surface area contributed by atoms with Gasteiger partial charge in [-0.25, -0.2) is 9.78 Å². The molecule has 6 nitrogen and oxygen atoms in total. The van der Waals surface area contributed by atoms with Crippen LogP contribution in [0.15, 0.2) is 48.9 Å². The van der Waals surface area contributed by atoms with Crippen LogP contribution in [0.2, 0.25) is 0 Å². The molecule has 21 heavy (non-hydrogen) atoms. The molecular formula is C15H15N3O3. The Hall–Kier alpha value is -2.76. The van der Waals surface area contributed by atoms with Crippen molar-refractivity contribution in [1.82, 2.24) is 14.9 Å². The van der Waals surface area contributed by atoms with Gasteiger partial charge in [0.25, 0.3) is 5.91 Å². The van der Waals surface area contributed by atoms with E-state index in [2.05, 4.69) is 9.97 Å². The lowest BCUT2D eigenvalue weighted by atomic mass is 10.1. The fourth-order valence-electron chi connectivity index (χ4n) is 1.70. The second-order valence-electron chi connectivity index (χ2n) is 4.52. The molecule has 1 heterocycles. The van der Waals surface area contributed by atoms with E-state index >= 15 is 0 Å². The number of benzene rings is 1. The number of rotatable bonds is 4. The molecule has 0 saturated heterocycles. The molecule has 1 amide bonds. The minimum Gasteiger partial charge on any atom is -0.443 e. The van der Waals surface area contributed by atoms with Crippen molar-refractivity contribution in [2.45, 2.75) is 6.10 Å². The number of esters is 1. The first kappa shape index (κ1) is 14.6. The average Bonchev–Trinajstić information content (AvgIpc) is 2.53. The maximum atomic E-state index is 12.2. The number of ether oxygens (including phenoxy) is 1. The van der Waals surface area contributed by atoms with Crippen LogP contribution in [0.4, 0.5) is 0 Å². The fourth-order valence-corrected chi connectivity index (χ4v) is 1.70. The Morgan fingerprint density at radius 3 is 2.43 bits per heavy atom. The lowest BCUT2D eigenvalue weighted by Crippen LogP contribution is -2.31. The Labute approximate surface area is 122 Å². The van der Waals surface area contributed by atoms with Crippen molar-refractivity contribution in [3.63, 3.8) is 0 Å². The first-order chi connectivity index (χ1) is 10.1. The molecule has 1 aromatic carbocycles. The average molecular weight is 285 g/mol. The second-order valence-corrected chi connectivity index (χ2v) is 4.52. The highest BCUT2D eigenvalue weighted by molar-refractivity contribution is 5.90. The maximum absolute atomic E-state index is 12.2. The lowest BCUT2D eigenvalue weighted by Gasteiger charge is -2.20. The molecule has 2 rings (SSSR count). The quantitative estimate of drug-likeness (QED) is 0.795. The van der Waals surface area contributed by atoms with Crippen LogP contribution < -0.4 is 0 Å². The number of aromatic nitrogens is 2. The Balaban J connectivity index is 2.25. The molecular weight excluding hydrogens is 270 g/mol. The zero-order valence-electron chi connectivity index (χ0n) is 11.8. The second kappa shape index (κ2) is 6.60. The molecule has 0 fully saturated rings. The van der Waals surface area contributed by atoms with Gasteiger partial charge in [0.1, 0.15) is 0 Å². The zero-order chi connectivity index (χ0) is 15.2. The normalized spacial score (nSPS) is 11.5. The molecule has 0 aliphatic rings. The van der Waals surface area contributed by atoms with E-state index in [-0.39, 0.29) is 11.6 Å². The third-order valence-electron chi connectivity index (χ3n) is 2.76. The van der Waals surface area contributed by atoms with Crippen molar-refractivity contribution < 1.29 is 14.3 Å². The van der Waals surface area contributed by atoms with Crippen LogP contribution in [-0.2, 0) is 9.53 Å². The molecule has 0 saturated carbocycles. The molecule has 0 spiro atoms. The van der Waals surface area contributed by atoms with E-state index in [0.717, 1.165) is 0 Å². The van der Waals surface area contributed by atoms with Crippen molar-refractivity contribution >= 4 is 11.9 Å². The molecule has 2 aromatic rings. The lowest BCUT2D eigenvalue weighted by molar-refractivity contribution is -0.138. The monoisotopic (exact) mass is 285 g/mol. The van der Waals surface area contributed by atoms with Crippen molar-refractivity contribution in [2.24, 2.45) is 0 Å². The van der Waals surface area contributed by atoms with E-state index in [0.29, 0.717) is 5.56 Å². The third kappa shape index (κ3) is 3.62. The third-order valence-corrected chi connectivity index (χ3v) is 2.76. The zero-order valence-corrected chi connectivity index (χ0v) is 11.8. The summed E-state index contributed by atoms with van der Waals surface area (Å²) in [4.78, 5) is 33.3. The van der Waals surface area contributed by atoms with Crippen LogP contribution in [0.1, 0.15) is 22.2 Å². The Morgan fingerprint density at radius 1 is 1.14 bits per heavy atom. The predicted octanol–water partition coefficient (Wildman–Crippen LogP) is 1.46. The van der Waals surface area contributed by atoms with Crippen molar-refractivity contribution in [3.05, 3.63) is 60.2 Å². The SMILES string of the molecule is CN(C)C(=O)C(OC(=O)c1cnccn1)c1ccccc1. The number of amides is 1. The van der Waals surface area contributed by atoms with Gasteiger partial charge in [0, 0.05) is 32.1 Å². The molecule has 0 N–H and O–H groups in total. The van der Waals surface area contributed by atoms with Gasteiger partial charge in [-0.2, -0.15) is 0 Å². The highest BCUT2D eigenvalue weighted by Gasteiger charge is 2.27. The summed E-state index contributed by atoms with van der Waals surface area (Å²) in [6.45, 7) is 0. The van der Waals surface area contributed by atoms with Gasteiger partial charge < -0.3 is 9.64 Å². The molecule has 0 bridgehead atoms. The number of hydrogen-bond donors (Lipinski definition) is 0. The van der Waals surface area contributed by atoms with E-state index in [1.54, 1.807) is 38.4 Å². The van der Waals surface area contributed by atoms with E-state index in [9.17, 15) is 9.59 Å². The van der Waals surface area contributed by atoms with Crippen LogP contribution in [-0.4, -0.2) is 40.8 Å². The molecule has 0 aliphatic heterocycles. The topological polar surface area (TPSA) is 72.4 Å². The number of carbonyl (C=O) groups is 2. The van der Waals surface area contributed by atoms with Gasteiger partial charge in [-0.05, 0) is 0 Å². The first-order valence-corrected chi connectivity index (χ1v) is 6.32. The summed E-state index contributed by atoms with van der Waals surface area (Å²) in [6.07, 6.45) is 3.14. The minimum atomic E-state index is -1.00. The highest BCUT2D eigenvalue weighted by atomic mass is 16.5. The molecule has 0 radical (unpaired) electrons. The van der Waals surface area contributed by atoms with Gasteiger partial charge in [-0.3, -0.25) is 9.78 Å². The van der Waals surface area contributed by atoms with E-state index in [1.807, 2.05) is 6.07 Å². The van der Waals surface area contributed by atoms with E-state index in [4.69, 9.17) is 4.74 Å². The molecule has 1 aromatic heterocycles. The molecule has 6 heteroatoms. The van der Waals surface area contributed by atoms with Crippen molar-refractivity contribution in [3.8, 4) is 0 Å². The molecule has 1 atom stereocenters. The van der Waals surface area contributed by atoms with E-state index in [1.165, 1.54) is 23.5 Å². The predicted molar refractivity (Wildman–Crippen MR) is 75.3 cm³/mol. The van der Waals surface area contributed by atoms with Gasteiger partial charge >= 0.3 is 5.97 Å². The van der Waals surface area contributed by atoms with Gasteiger partial charge in [-0.1, -0.05) is 30.3 Å². The summed E-state index contributed by atoms with van der Waals surface area (Å²) in [5, 5.41) is 0. The Kier molecular flexibility index (Phi) is 4.61. The van der Waals surface area contributed by atoms with Crippen molar-refractivity contribution in [1.29, 1.82) is 0 Å². The van der Waals surface area contributed by atoms with Gasteiger partial charge in [0.15, 0.2) is 5.69 Å². The Bertz CT molecular complexity index is 615. The minimum absolute atomic E-state index is 0.0602. The maximum Gasteiger partial charge on any atom is 0.359 e. The Morgan fingerprint density at radius 2 is 1.86 bits per heavy atom. The summed E-state index contributed by atoms with van der Waals surface area (Å²) < 4.78 is 5.31. The van der Waals surface area contributed by atoms with Gasteiger partial charge in [-0.15, -0.1) is 0 Å². The number of nitrogens with zero attached hydrogens (tertiary/aromatic N) is 3. The summed E-state index contributed by atoms with van der Waals surface area (Å²) in [5.41, 5.74) is 0.665. The number of carbonyl (C=O) groups excluding carboxylic acids is 2. The summed E-state index contributed by atoms with van der Waals surface area (Å²) in [7, 11) is 3.21. The molecule has 108 valence electrons. The standard InChI is InChI=1S/C15H15N3O3/c1-18(2)14(19)13(11-6-4-3-5-7-11)21-15(20)12-10-16-8-9-17-12/h3-10,13H,1-2H3. The smallest absolute Gasteiger partial charge is 0.359 e. The van der Waals surface area contributed by atoms with Gasteiger partial charge in [0.2, 0.25) is 6.10 Å². The molecule has 1 unspecified atom stereocenters. The summed E-state index contributed by atoms with van der Waals surface area (Å²) in [6, 6.07) is 8.85. The van der Waals surface area contributed by atoms with Crippen LogP contribution in [0.3, 0.4) is 0 Å². The van der Waals surface area contributed by atoms with Crippen LogP contribution in [0.25, 0.3) is 0 Å². The van der Waals surface area contributed by atoms with Crippen LogP contribution in [0.5, 0.6) is 0 Å². The van der Waals surface area contributed by atoms with Crippen LogP contribution in [0, 0.1) is 0 Å².